The summed E-state index contributed by atoms with van der Waals surface area (Å²) in [5.41, 5.74) is 0.718. The Labute approximate surface area is 140 Å². The lowest BCUT2D eigenvalue weighted by atomic mass is 10.2. The van der Waals surface area contributed by atoms with Crippen LogP contribution in [0.25, 0.3) is 10.6 Å². The van der Waals surface area contributed by atoms with E-state index in [2.05, 4.69) is 10.2 Å². The fourth-order valence-corrected chi connectivity index (χ4v) is 2.71. The van der Waals surface area contributed by atoms with Crippen molar-refractivity contribution >= 4 is 23.1 Å². The monoisotopic (exact) mass is 345 g/mol. The maximum absolute atomic E-state index is 13.8. The molecular weight excluding hydrogens is 333 g/mol. The van der Waals surface area contributed by atoms with Gasteiger partial charge < -0.3 is 9.84 Å². The number of halogens is 1. The normalized spacial score (nSPS) is 10.4. The number of aryl methyl sites for hydroxylation is 1. The molecule has 0 unspecified atom stereocenters. The van der Waals surface area contributed by atoms with Crippen molar-refractivity contribution < 1.29 is 19.0 Å². The first-order chi connectivity index (χ1) is 11.5. The van der Waals surface area contributed by atoms with Gasteiger partial charge in [-0.1, -0.05) is 23.5 Å². The van der Waals surface area contributed by atoms with E-state index in [0.717, 1.165) is 21.6 Å². The smallest absolute Gasteiger partial charge is 0.409 e. The third-order valence-electron chi connectivity index (χ3n) is 3.02. The average molecular weight is 345 g/mol. The summed E-state index contributed by atoms with van der Waals surface area (Å²) in [6, 6.07) is 11.1. The Kier molecular flexibility index (Phi) is 4.39. The first-order valence-corrected chi connectivity index (χ1v) is 7.71. The summed E-state index contributed by atoms with van der Waals surface area (Å²) >= 11 is 1.46. The molecule has 2 N–H and O–H groups in total. The molecule has 0 atom stereocenters. The molecule has 122 valence electrons. The number of hydrogen-bond acceptors (Lipinski definition) is 5. The van der Waals surface area contributed by atoms with Gasteiger partial charge in [0, 0.05) is 11.6 Å². The van der Waals surface area contributed by atoms with E-state index < -0.39 is 11.9 Å². The minimum atomic E-state index is -1.33. The number of ether oxygens (including phenoxy) is 1. The number of hydrogen-bond donors (Lipinski definition) is 2. The highest BCUT2D eigenvalue weighted by molar-refractivity contribution is 7.14. The summed E-state index contributed by atoms with van der Waals surface area (Å²) < 4.78 is 19.5. The zero-order valence-corrected chi connectivity index (χ0v) is 13.3. The second-order valence-corrected chi connectivity index (χ2v) is 6.01. The van der Waals surface area contributed by atoms with E-state index in [1.807, 2.05) is 18.3 Å². The molecule has 0 spiro atoms. The largest absolute Gasteiger partial charge is 0.465 e. The molecule has 24 heavy (non-hydrogen) atoms. The number of benzene rings is 2. The Balaban J connectivity index is 1.81. The summed E-state index contributed by atoms with van der Waals surface area (Å²) in [6.45, 7) is 1.87. The average Bonchev–Trinajstić information content (AvgIpc) is 2.97. The molecule has 6 nitrogen and oxygen atoms in total. The van der Waals surface area contributed by atoms with Crippen molar-refractivity contribution in [3.8, 4) is 22.1 Å². The minimum Gasteiger partial charge on any atom is -0.465 e. The highest BCUT2D eigenvalue weighted by Gasteiger charge is 2.09. The standard InChI is InChI=1S/C16H12FN3O3S/c1-9-19-20-15(24-9)10-3-2-4-11(7-10)23-12-5-6-14(13(17)8-12)18-16(21)22/h2-8,18H,1H3,(H,21,22). The minimum absolute atomic E-state index is 0.132. The van der Waals surface area contributed by atoms with Gasteiger partial charge in [-0.25, -0.2) is 9.18 Å². The number of aromatic nitrogens is 2. The summed E-state index contributed by atoms with van der Waals surface area (Å²) in [6.07, 6.45) is -1.33. The third kappa shape index (κ3) is 3.66. The Morgan fingerprint density at radius 2 is 2.00 bits per heavy atom. The summed E-state index contributed by atoms with van der Waals surface area (Å²) in [7, 11) is 0. The molecule has 0 bridgehead atoms. The van der Waals surface area contributed by atoms with Crippen molar-refractivity contribution in [1.29, 1.82) is 0 Å². The van der Waals surface area contributed by atoms with Crippen LogP contribution in [0.3, 0.4) is 0 Å². The van der Waals surface area contributed by atoms with Crippen LogP contribution < -0.4 is 10.1 Å². The SMILES string of the molecule is Cc1nnc(-c2cccc(Oc3ccc(NC(=O)O)c(F)c3)c2)s1. The molecule has 1 amide bonds. The van der Waals surface area contributed by atoms with Gasteiger partial charge in [0.25, 0.3) is 0 Å². The highest BCUT2D eigenvalue weighted by Crippen LogP contribution is 2.30. The van der Waals surface area contributed by atoms with Gasteiger partial charge in [0.2, 0.25) is 0 Å². The maximum atomic E-state index is 13.8. The van der Waals surface area contributed by atoms with Gasteiger partial charge in [0.1, 0.15) is 21.5 Å². The number of nitrogens with one attached hydrogen (secondary N) is 1. The molecule has 3 aromatic rings. The molecule has 1 aromatic heterocycles. The zero-order chi connectivity index (χ0) is 17.1. The first kappa shape index (κ1) is 15.9. The number of rotatable bonds is 4. The van der Waals surface area contributed by atoms with Gasteiger partial charge in [0.15, 0.2) is 5.82 Å². The van der Waals surface area contributed by atoms with Crippen molar-refractivity contribution in [2.45, 2.75) is 6.92 Å². The lowest BCUT2D eigenvalue weighted by Crippen LogP contribution is -2.08. The Bertz CT molecular complexity index is 898. The van der Waals surface area contributed by atoms with E-state index in [9.17, 15) is 9.18 Å². The Hall–Kier alpha value is -3.00. The third-order valence-corrected chi connectivity index (χ3v) is 3.91. The Morgan fingerprint density at radius 1 is 1.21 bits per heavy atom. The fourth-order valence-electron chi connectivity index (χ4n) is 2.02. The van der Waals surface area contributed by atoms with Crippen molar-refractivity contribution in [2.24, 2.45) is 0 Å². The molecule has 8 heteroatoms. The van der Waals surface area contributed by atoms with Gasteiger partial charge in [-0.15, -0.1) is 10.2 Å². The van der Waals surface area contributed by atoms with Crippen LogP contribution in [0.15, 0.2) is 42.5 Å². The highest BCUT2D eigenvalue weighted by atomic mass is 32.1. The number of anilines is 1. The Morgan fingerprint density at radius 3 is 2.67 bits per heavy atom. The van der Waals surface area contributed by atoms with E-state index in [4.69, 9.17) is 9.84 Å². The number of amides is 1. The molecular formula is C16H12FN3O3S. The van der Waals surface area contributed by atoms with Crippen LogP contribution in [0.5, 0.6) is 11.5 Å². The summed E-state index contributed by atoms with van der Waals surface area (Å²) in [5, 5.41) is 20.3. The second kappa shape index (κ2) is 6.63. The van der Waals surface area contributed by atoms with Crippen molar-refractivity contribution in [3.05, 3.63) is 53.3 Å². The predicted octanol–water partition coefficient (Wildman–Crippen LogP) is 4.53. The van der Waals surface area contributed by atoms with E-state index >= 15 is 0 Å². The number of carboxylic acid groups (broad SMARTS) is 1. The molecule has 0 radical (unpaired) electrons. The van der Waals surface area contributed by atoms with Gasteiger partial charge >= 0.3 is 6.09 Å². The molecule has 3 rings (SSSR count). The summed E-state index contributed by atoms with van der Waals surface area (Å²) in [5.74, 6) is 0.0542. The topological polar surface area (TPSA) is 84.3 Å². The van der Waals surface area contributed by atoms with Crippen LogP contribution in [0, 0.1) is 12.7 Å². The van der Waals surface area contributed by atoms with Gasteiger partial charge in [-0.3, -0.25) is 5.32 Å². The van der Waals surface area contributed by atoms with Gasteiger partial charge in [-0.2, -0.15) is 0 Å². The van der Waals surface area contributed by atoms with Crippen LogP contribution in [-0.2, 0) is 0 Å². The van der Waals surface area contributed by atoms with Crippen LogP contribution >= 0.6 is 11.3 Å². The molecule has 0 fully saturated rings. The van der Waals surface area contributed by atoms with Crippen molar-refractivity contribution in [2.75, 3.05) is 5.32 Å². The number of nitrogens with zero attached hydrogens (tertiary/aromatic N) is 2. The zero-order valence-electron chi connectivity index (χ0n) is 12.5. The van der Waals surface area contributed by atoms with Crippen LogP contribution in [0.1, 0.15) is 5.01 Å². The molecule has 0 aliphatic rings. The molecule has 1 heterocycles. The van der Waals surface area contributed by atoms with Crippen molar-refractivity contribution in [1.82, 2.24) is 10.2 Å². The first-order valence-electron chi connectivity index (χ1n) is 6.89. The molecule has 0 saturated carbocycles. The van der Waals surface area contributed by atoms with E-state index in [0.29, 0.717) is 5.75 Å². The maximum Gasteiger partial charge on any atom is 0.409 e. The number of carbonyl (C=O) groups is 1. The predicted molar refractivity (Wildman–Crippen MR) is 88.2 cm³/mol. The van der Waals surface area contributed by atoms with Crippen LogP contribution in [-0.4, -0.2) is 21.4 Å². The van der Waals surface area contributed by atoms with Crippen molar-refractivity contribution in [3.63, 3.8) is 0 Å². The molecule has 0 aliphatic carbocycles. The van der Waals surface area contributed by atoms with Crippen LogP contribution in [0.2, 0.25) is 0 Å². The van der Waals surface area contributed by atoms with Gasteiger partial charge in [0.05, 0.1) is 5.69 Å². The van der Waals surface area contributed by atoms with E-state index in [1.54, 1.807) is 18.2 Å². The van der Waals surface area contributed by atoms with E-state index in [-0.39, 0.29) is 11.4 Å². The molecule has 2 aromatic carbocycles. The lowest BCUT2D eigenvalue weighted by molar-refractivity contribution is 0.209. The fraction of sp³-hybridized carbons (Fsp3) is 0.0625. The molecule has 0 aliphatic heterocycles. The quantitative estimate of drug-likeness (QED) is 0.725. The van der Waals surface area contributed by atoms with Crippen LogP contribution in [0.4, 0.5) is 14.9 Å². The second-order valence-electron chi connectivity index (χ2n) is 4.83. The lowest BCUT2D eigenvalue weighted by Gasteiger charge is -2.08. The summed E-state index contributed by atoms with van der Waals surface area (Å²) in [4.78, 5) is 10.6. The van der Waals surface area contributed by atoms with Gasteiger partial charge in [-0.05, 0) is 31.2 Å². The van der Waals surface area contributed by atoms with E-state index in [1.165, 1.54) is 23.5 Å². The molecule has 0 saturated heterocycles.